The first-order valence-corrected chi connectivity index (χ1v) is 12.5. The highest BCUT2D eigenvalue weighted by atomic mass is 127. The van der Waals surface area contributed by atoms with E-state index in [2.05, 4.69) is 10.6 Å². The summed E-state index contributed by atoms with van der Waals surface area (Å²) < 4.78 is 25.1. The molecule has 4 amide bonds. The fourth-order valence-corrected chi connectivity index (χ4v) is 4.38. The van der Waals surface area contributed by atoms with E-state index in [4.69, 9.17) is 21.1 Å². The molecule has 0 atom stereocenters. The Bertz CT molecular complexity index is 1380. The van der Waals surface area contributed by atoms with Crippen LogP contribution in [-0.2, 0) is 9.59 Å². The van der Waals surface area contributed by atoms with Gasteiger partial charge in [-0.15, -0.1) is 0 Å². The molecule has 1 saturated heterocycles. The maximum atomic E-state index is 13.1. The van der Waals surface area contributed by atoms with Crippen molar-refractivity contribution in [2.75, 3.05) is 23.4 Å². The molecule has 190 valence electrons. The average Bonchev–Trinajstić information content (AvgIpc) is 3.13. The molecule has 2 N–H and O–H groups in total. The van der Waals surface area contributed by atoms with Crippen LogP contribution in [0.15, 0.2) is 66.4 Å². The second-order valence-electron chi connectivity index (χ2n) is 7.71. The van der Waals surface area contributed by atoms with E-state index >= 15 is 0 Å². The minimum atomic E-state index is -0.578. The number of nitrogens with one attached hydrogen (secondary N) is 2. The molecule has 8 nitrogen and oxygen atoms in total. The van der Waals surface area contributed by atoms with Gasteiger partial charge in [-0.3, -0.25) is 9.59 Å². The van der Waals surface area contributed by atoms with Crippen LogP contribution in [0, 0.1) is 9.39 Å². The number of carbonyl (C=O) groups excluding carboxylic acids is 3. The highest BCUT2D eigenvalue weighted by molar-refractivity contribution is 14.1. The fraction of sp³-hybridized carbons (Fsp3) is 0.115. The molecular formula is C26H20ClFIN3O5. The second-order valence-corrected chi connectivity index (χ2v) is 9.31. The van der Waals surface area contributed by atoms with Crippen LogP contribution in [0.4, 0.5) is 20.6 Å². The van der Waals surface area contributed by atoms with E-state index < -0.39 is 23.7 Å². The normalized spacial score (nSPS) is 14.1. The van der Waals surface area contributed by atoms with Gasteiger partial charge >= 0.3 is 6.03 Å². The van der Waals surface area contributed by atoms with Gasteiger partial charge in [0, 0.05) is 10.7 Å². The molecule has 0 aliphatic carbocycles. The van der Waals surface area contributed by atoms with Gasteiger partial charge in [-0.2, -0.15) is 0 Å². The summed E-state index contributed by atoms with van der Waals surface area (Å²) in [4.78, 5) is 38.7. The summed E-state index contributed by atoms with van der Waals surface area (Å²) in [6.07, 6.45) is 1.53. The topological polar surface area (TPSA) is 97.0 Å². The third-order valence-electron chi connectivity index (χ3n) is 5.08. The lowest BCUT2D eigenvalue weighted by Gasteiger charge is -2.15. The average molecular weight is 636 g/mol. The summed E-state index contributed by atoms with van der Waals surface area (Å²) >= 11 is 7.94. The lowest BCUT2D eigenvalue weighted by Crippen LogP contribution is -2.30. The van der Waals surface area contributed by atoms with Gasteiger partial charge in [0.1, 0.15) is 11.5 Å². The maximum Gasteiger partial charge on any atom is 0.333 e. The third kappa shape index (κ3) is 6.38. The van der Waals surface area contributed by atoms with Gasteiger partial charge < -0.3 is 20.1 Å². The number of nitrogens with zero attached hydrogens (tertiary/aromatic N) is 1. The molecule has 4 rings (SSSR count). The van der Waals surface area contributed by atoms with Gasteiger partial charge in [0.15, 0.2) is 18.1 Å². The minimum Gasteiger partial charge on any atom is -0.490 e. The van der Waals surface area contributed by atoms with Crippen LogP contribution in [0.5, 0.6) is 11.5 Å². The Morgan fingerprint density at radius 2 is 1.81 bits per heavy atom. The molecule has 11 heteroatoms. The first-order chi connectivity index (χ1) is 17.7. The van der Waals surface area contributed by atoms with E-state index in [1.807, 2.05) is 22.6 Å². The summed E-state index contributed by atoms with van der Waals surface area (Å²) in [5.74, 6) is -0.641. The molecule has 0 saturated carbocycles. The van der Waals surface area contributed by atoms with Gasteiger partial charge in [-0.05, 0) is 102 Å². The number of hydrogen-bond acceptors (Lipinski definition) is 5. The molecule has 3 aromatic rings. The number of imide groups is 1. The van der Waals surface area contributed by atoms with E-state index in [0.29, 0.717) is 43.6 Å². The third-order valence-corrected chi connectivity index (χ3v) is 6.13. The Kier molecular flexibility index (Phi) is 8.29. The van der Waals surface area contributed by atoms with E-state index in [1.54, 1.807) is 43.3 Å². The fourth-order valence-electron chi connectivity index (χ4n) is 3.47. The van der Waals surface area contributed by atoms with E-state index in [-0.39, 0.29) is 12.3 Å². The number of benzene rings is 3. The number of halogens is 3. The molecule has 0 aromatic heterocycles. The van der Waals surface area contributed by atoms with Crippen molar-refractivity contribution >= 4 is 69.5 Å². The van der Waals surface area contributed by atoms with Gasteiger partial charge in [0.25, 0.3) is 11.8 Å². The standard InChI is InChI=1S/C26H20ClFIN3O5/c1-2-36-22-13-15(12-21-25(34)32(26(35)31-21)19-9-3-16(27)4-10-19)11-20(29)24(22)37-14-23(33)30-18-7-5-17(28)6-8-18/h3-13H,2,14H2,1H3,(H,30,33)(H,31,35)/b21-12+. The van der Waals surface area contributed by atoms with Crippen molar-refractivity contribution in [3.05, 3.63) is 86.3 Å². The van der Waals surface area contributed by atoms with Crippen molar-refractivity contribution in [2.45, 2.75) is 6.92 Å². The highest BCUT2D eigenvalue weighted by Crippen LogP contribution is 2.35. The number of amides is 4. The summed E-state index contributed by atoms with van der Waals surface area (Å²) in [6.45, 7) is 1.82. The predicted molar refractivity (Wildman–Crippen MR) is 146 cm³/mol. The first kappa shape index (κ1) is 26.4. The molecule has 1 aliphatic heterocycles. The smallest absolute Gasteiger partial charge is 0.333 e. The second kappa shape index (κ2) is 11.6. The van der Waals surface area contributed by atoms with Crippen LogP contribution in [0.3, 0.4) is 0 Å². The lowest BCUT2D eigenvalue weighted by molar-refractivity contribution is -0.118. The maximum absolute atomic E-state index is 13.1. The number of ether oxygens (including phenoxy) is 2. The number of rotatable bonds is 8. The van der Waals surface area contributed by atoms with E-state index in [0.717, 1.165) is 4.90 Å². The molecular weight excluding hydrogens is 616 g/mol. The molecule has 0 spiro atoms. The highest BCUT2D eigenvalue weighted by Gasteiger charge is 2.35. The van der Waals surface area contributed by atoms with Crippen LogP contribution in [0.1, 0.15) is 12.5 Å². The van der Waals surface area contributed by atoms with Crippen LogP contribution in [-0.4, -0.2) is 31.1 Å². The molecule has 0 unspecified atom stereocenters. The lowest BCUT2D eigenvalue weighted by atomic mass is 10.1. The molecule has 1 fully saturated rings. The SMILES string of the molecule is CCOc1cc(/C=C2/NC(=O)N(c3ccc(Cl)cc3)C2=O)cc(I)c1OCC(=O)Nc1ccc(F)cc1. The molecule has 3 aromatic carbocycles. The Morgan fingerprint density at radius 1 is 1.11 bits per heavy atom. The van der Waals surface area contributed by atoms with E-state index in [9.17, 15) is 18.8 Å². The van der Waals surface area contributed by atoms with Crippen LogP contribution >= 0.6 is 34.2 Å². The summed E-state index contributed by atoms with van der Waals surface area (Å²) in [7, 11) is 0. The number of hydrogen-bond donors (Lipinski definition) is 2. The van der Waals surface area contributed by atoms with Crippen molar-refractivity contribution in [1.29, 1.82) is 0 Å². The molecule has 0 bridgehead atoms. The summed E-state index contributed by atoms with van der Waals surface area (Å²) in [6, 6.07) is 14.5. The summed E-state index contributed by atoms with van der Waals surface area (Å²) in [5.41, 5.74) is 1.50. The van der Waals surface area contributed by atoms with Crippen molar-refractivity contribution in [1.82, 2.24) is 5.32 Å². The molecule has 0 radical (unpaired) electrons. The zero-order chi connectivity index (χ0) is 26.5. The first-order valence-electron chi connectivity index (χ1n) is 11.0. The van der Waals surface area contributed by atoms with Crippen molar-refractivity contribution < 1.29 is 28.2 Å². The molecule has 1 heterocycles. The van der Waals surface area contributed by atoms with Crippen molar-refractivity contribution in [3.8, 4) is 11.5 Å². The van der Waals surface area contributed by atoms with Crippen LogP contribution < -0.4 is 25.0 Å². The van der Waals surface area contributed by atoms with Crippen LogP contribution in [0.25, 0.3) is 6.08 Å². The zero-order valence-corrected chi connectivity index (χ0v) is 22.3. The monoisotopic (exact) mass is 635 g/mol. The number of anilines is 2. The largest absolute Gasteiger partial charge is 0.490 e. The zero-order valence-electron chi connectivity index (χ0n) is 19.4. The van der Waals surface area contributed by atoms with Gasteiger partial charge in [0.2, 0.25) is 0 Å². The Morgan fingerprint density at radius 3 is 2.49 bits per heavy atom. The van der Waals surface area contributed by atoms with Gasteiger partial charge in [-0.1, -0.05) is 11.6 Å². The van der Waals surface area contributed by atoms with Crippen molar-refractivity contribution in [2.24, 2.45) is 0 Å². The Hall–Kier alpha value is -3.64. The number of urea groups is 1. The van der Waals surface area contributed by atoms with E-state index in [1.165, 1.54) is 30.3 Å². The van der Waals surface area contributed by atoms with Gasteiger partial charge in [0.05, 0.1) is 15.9 Å². The summed E-state index contributed by atoms with van der Waals surface area (Å²) in [5, 5.41) is 5.69. The predicted octanol–water partition coefficient (Wildman–Crippen LogP) is 5.60. The number of carbonyl (C=O) groups is 3. The quantitative estimate of drug-likeness (QED) is 0.191. The molecule has 37 heavy (non-hydrogen) atoms. The minimum absolute atomic E-state index is 0.0885. The molecule has 1 aliphatic rings. The van der Waals surface area contributed by atoms with Crippen molar-refractivity contribution in [3.63, 3.8) is 0 Å². The Balaban J connectivity index is 1.51. The van der Waals surface area contributed by atoms with Crippen LogP contribution in [0.2, 0.25) is 5.02 Å². The Labute approximate surface area is 230 Å². The van der Waals surface area contributed by atoms with Gasteiger partial charge in [-0.25, -0.2) is 14.1 Å².